The molecular formula is C14H16N2. The molecule has 0 aliphatic rings. The minimum Gasteiger partial charge on any atom is -0.354 e. The lowest BCUT2D eigenvalue weighted by Crippen LogP contribution is -1.71. The molecule has 1 aromatic carbocycles. The Labute approximate surface area is 95.3 Å². The molecular weight excluding hydrogens is 196 g/mol. The van der Waals surface area contributed by atoms with Crippen molar-refractivity contribution in [1.82, 2.24) is 9.97 Å². The second-order valence-corrected chi connectivity index (χ2v) is 3.60. The van der Waals surface area contributed by atoms with E-state index in [1.54, 1.807) is 0 Å². The molecule has 0 aliphatic carbocycles. The maximum atomic E-state index is 4.14. The van der Waals surface area contributed by atoms with E-state index in [9.17, 15) is 0 Å². The summed E-state index contributed by atoms with van der Waals surface area (Å²) in [6.07, 6.45) is 3.72. The number of fused-ring (bicyclic) bond motifs is 3. The summed E-state index contributed by atoms with van der Waals surface area (Å²) in [5, 5.41) is 2.45. The molecule has 0 fully saturated rings. The highest BCUT2D eigenvalue weighted by Gasteiger charge is 2.02. The number of pyridine rings is 1. The molecule has 0 saturated carbocycles. The summed E-state index contributed by atoms with van der Waals surface area (Å²) in [5.41, 5.74) is 3.62. The summed E-state index contributed by atoms with van der Waals surface area (Å²) in [6, 6.07) is 8.44. The van der Waals surface area contributed by atoms with E-state index in [0.717, 1.165) is 5.52 Å². The van der Waals surface area contributed by atoms with Crippen LogP contribution in [0.25, 0.3) is 21.8 Å². The van der Waals surface area contributed by atoms with Crippen LogP contribution in [0.1, 0.15) is 19.4 Å². The van der Waals surface area contributed by atoms with E-state index in [4.69, 9.17) is 0 Å². The first-order valence-electron chi connectivity index (χ1n) is 5.67. The topological polar surface area (TPSA) is 28.7 Å². The summed E-state index contributed by atoms with van der Waals surface area (Å²) in [6.45, 7) is 6.10. The molecule has 3 aromatic rings. The lowest BCUT2D eigenvalue weighted by molar-refractivity contribution is 1.36. The van der Waals surface area contributed by atoms with E-state index >= 15 is 0 Å². The average Bonchev–Trinajstić information content (AvgIpc) is 2.68. The maximum Gasteiger partial charge on any atom is 0.0495 e. The molecule has 1 N–H and O–H groups in total. The second kappa shape index (κ2) is 4.35. The van der Waals surface area contributed by atoms with Crippen LogP contribution in [0.15, 0.2) is 36.7 Å². The molecule has 0 saturated heterocycles. The molecule has 2 aromatic heterocycles. The summed E-state index contributed by atoms with van der Waals surface area (Å²) in [4.78, 5) is 7.52. The lowest BCUT2D eigenvalue weighted by Gasteiger charge is -1.91. The van der Waals surface area contributed by atoms with Gasteiger partial charge in [0.25, 0.3) is 0 Å². The number of aromatic nitrogens is 2. The van der Waals surface area contributed by atoms with Crippen LogP contribution in [0.5, 0.6) is 0 Å². The van der Waals surface area contributed by atoms with Crippen molar-refractivity contribution in [2.45, 2.75) is 20.8 Å². The molecule has 0 aliphatic heterocycles. The Bertz CT molecular complexity index is 608. The second-order valence-electron chi connectivity index (χ2n) is 3.60. The molecule has 16 heavy (non-hydrogen) atoms. The quantitative estimate of drug-likeness (QED) is 0.598. The van der Waals surface area contributed by atoms with Crippen molar-refractivity contribution < 1.29 is 0 Å². The zero-order chi connectivity index (χ0) is 11.5. The molecule has 2 heteroatoms. The molecule has 2 heterocycles. The zero-order valence-corrected chi connectivity index (χ0v) is 9.91. The van der Waals surface area contributed by atoms with Gasteiger partial charge in [0.1, 0.15) is 0 Å². The third-order valence-electron chi connectivity index (χ3n) is 2.56. The fraction of sp³-hybridized carbons (Fsp3) is 0.214. The number of hydrogen-bond acceptors (Lipinski definition) is 1. The van der Waals surface area contributed by atoms with Gasteiger partial charge in [-0.25, -0.2) is 0 Å². The SMILES string of the molecule is CC.Cc1ccc2c(c1)[nH]c1ccncc12. The minimum atomic E-state index is 1.15. The Morgan fingerprint density at radius 1 is 1.00 bits per heavy atom. The number of hydrogen-bond donors (Lipinski definition) is 1. The third kappa shape index (κ3) is 1.67. The van der Waals surface area contributed by atoms with Gasteiger partial charge in [-0.15, -0.1) is 0 Å². The normalized spacial score (nSPS) is 10.2. The Morgan fingerprint density at radius 2 is 1.81 bits per heavy atom. The summed E-state index contributed by atoms with van der Waals surface area (Å²) >= 11 is 0. The van der Waals surface area contributed by atoms with Gasteiger partial charge in [-0.3, -0.25) is 4.98 Å². The summed E-state index contributed by atoms with van der Waals surface area (Å²) in [5.74, 6) is 0. The average molecular weight is 212 g/mol. The van der Waals surface area contributed by atoms with Crippen LogP contribution in [0.3, 0.4) is 0 Å². The van der Waals surface area contributed by atoms with Crippen LogP contribution in [0.2, 0.25) is 0 Å². The maximum absolute atomic E-state index is 4.14. The van der Waals surface area contributed by atoms with E-state index in [2.05, 4.69) is 35.1 Å². The van der Waals surface area contributed by atoms with Gasteiger partial charge < -0.3 is 4.98 Å². The molecule has 0 atom stereocenters. The highest BCUT2D eigenvalue weighted by Crippen LogP contribution is 2.24. The molecule has 0 unspecified atom stereocenters. The molecule has 2 nitrogen and oxygen atoms in total. The van der Waals surface area contributed by atoms with Crippen molar-refractivity contribution in [3.63, 3.8) is 0 Å². The fourth-order valence-electron chi connectivity index (χ4n) is 1.86. The standard InChI is InChI=1S/C12H10N2.C2H6/c1-8-2-3-9-10-7-13-5-4-11(10)14-12(9)6-8;1-2/h2-7,14H,1H3;1-2H3. The first-order chi connectivity index (χ1) is 7.84. The summed E-state index contributed by atoms with van der Waals surface area (Å²) < 4.78 is 0. The van der Waals surface area contributed by atoms with Crippen molar-refractivity contribution in [2.75, 3.05) is 0 Å². The van der Waals surface area contributed by atoms with Gasteiger partial charge in [0.15, 0.2) is 0 Å². The molecule has 0 spiro atoms. The number of nitrogens with one attached hydrogen (secondary N) is 1. The van der Waals surface area contributed by atoms with Gasteiger partial charge in [0.05, 0.1) is 0 Å². The first-order valence-corrected chi connectivity index (χ1v) is 5.67. The number of aryl methyl sites for hydroxylation is 1. The number of rotatable bonds is 0. The molecule has 0 radical (unpaired) electrons. The van der Waals surface area contributed by atoms with Gasteiger partial charge in [-0.2, -0.15) is 0 Å². The van der Waals surface area contributed by atoms with E-state index in [1.807, 2.05) is 32.3 Å². The van der Waals surface area contributed by atoms with E-state index < -0.39 is 0 Å². The van der Waals surface area contributed by atoms with Crippen molar-refractivity contribution in [2.24, 2.45) is 0 Å². The first kappa shape index (κ1) is 10.7. The zero-order valence-electron chi connectivity index (χ0n) is 9.91. The van der Waals surface area contributed by atoms with Crippen molar-refractivity contribution in [1.29, 1.82) is 0 Å². The highest BCUT2D eigenvalue weighted by atomic mass is 14.7. The van der Waals surface area contributed by atoms with E-state index in [1.165, 1.54) is 21.9 Å². The minimum absolute atomic E-state index is 1.15. The predicted molar refractivity (Wildman–Crippen MR) is 69.7 cm³/mol. The number of nitrogens with zero attached hydrogens (tertiary/aromatic N) is 1. The largest absolute Gasteiger partial charge is 0.354 e. The lowest BCUT2D eigenvalue weighted by atomic mass is 10.1. The molecule has 0 bridgehead atoms. The van der Waals surface area contributed by atoms with Crippen LogP contribution in [-0.4, -0.2) is 9.97 Å². The van der Waals surface area contributed by atoms with Crippen molar-refractivity contribution >= 4 is 21.8 Å². The fourth-order valence-corrected chi connectivity index (χ4v) is 1.86. The number of aromatic amines is 1. The molecule has 82 valence electrons. The van der Waals surface area contributed by atoms with Crippen LogP contribution in [0, 0.1) is 6.92 Å². The van der Waals surface area contributed by atoms with Crippen LogP contribution < -0.4 is 0 Å². The van der Waals surface area contributed by atoms with Gasteiger partial charge in [-0.1, -0.05) is 26.0 Å². The van der Waals surface area contributed by atoms with Gasteiger partial charge in [0, 0.05) is 34.2 Å². The Hall–Kier alpha value is -1.83. The third-order valence-corrected chi connectivity index (χ3v) is 2.56. The number of benzene rings is 1. The molecule has 0 amide bonds. The predicted octanol–water partition coefficient (Wildman–Crippen LogP) is 4.05. The van der Waals surface area contributed by atoms with Crippen LogP contribution in [-0.2, 0) is 0 Å². The van der Waals surface area contributed by atoms with Crippen LogP contribution in [0.4, 0.5) is 0 Å². The highest BCUT2D eigenvalue weighted by molar-refractivity contribution is 6.06. The van der Waals surface area contributed by atoms with Crippen molar-refractivity contribution in [3.05, 3.63) is 42.2 Å². The van der Waals surface area contributed by atoms with Crippen molar-refractivity contribution in [3.8, 4) is 0 Å². The van der Waals surface area contributed by atoms with Gasteiger partial charge in [-0.05, 0) is 24.6 Å². The Balaban J connectivity index is 0.000000457. The smallest absolute Gasteiger partial charge is 0.0495 e. The van der Waals surface area contributed by atoms with E-state index in [-0.39, 0.29) is 0 Å². The molecule has 3 rings (SSSR count). The van der Waals surface area contributed by atoms with E-state index in [0.29, 0.717) is 0 Å². The van der Waals surface area contributed by atoms with Crippen LogP contribution >= 0.6 is 0 Å². The summed E-state index contributed by atoms with van der Waals surface area (Å²) in [7, 11) is 0. The Morgan fingerprint density at radius 3 is 2.62 bits per heavy atom. The van der Waals surface area contributed by atoms with Gasteiger partial charge in [0.2, 0.25) is 0 Å². The number of H-pyrrole nitrogens is 1. The monoisotopic (exact) mass is 212 g/mol. The Kier molecular flexibility index (Phi) is 2.91. The van der Waals surface area contributed by atoms with Gasteiger partial charge >= 0.3 is 0 Å².